The van der Waals surface area contributed by atoms with Gasteiger partial charge in [0.1, 0.15) is 5.52 Å². The van der Waals surface area contributed by atoms with Crippen molar-refractivity contribution in [3.63, 3.8) is 0 Å². The number of rotatable bonds is 7. The lowest BCUT2D eigenvalue weighted by atomic mass is 9.92. The summed E-state index contributed by atoms with van der Waals surface area (Å²) in [6.45, 7) is 0. The van der Waals surface area contributed by atoms with Crippen LogP contribution in [0.5, 0.6) is 0 Å². The molecule has 0 amide bonds. The van der Waals surface area contributed by atoms with E-state index >= 15 is 0 Å². The van der Waals surface area contributed by atoms with Crippen molar-refractivity contribution in [1.82, 2.24) is 34.9 Å². The summed E-state index contributed by atoms with van der Waals surface area (Å²) in [6.07, 6.45) is 7.34. The number of benzene rings is 6. The molecule has 0 radical (unpaired) electrons. The van der Waals surface area contributed by atoms with Crippen molar-refractivity contribution >= 4 is 54.7 Å². The molecule has 0 unspecified atom stereocenters. The highest BCUT2D eigenvalue weighted by molar-refractivity contribution is 5.99. The first-order valence-corrected chi connectivity index (χ1v) is 22.1. The van der Waals surface area contributed by atoms with Gasteiger partial charge in [-0.25, -0.2) is 15.0 Å². The molecule has 312 valence electrons. The largest absolute Gasteiger partial charge is 0.436 e. The normalized spacial score (nSPS) is 11.6. The first-order chi connectivity index (χ1) is 33.2. The minimum Gasteiger partial charge on any atom is -0.436 e. The summed E-state index contributed by atoms with van der Waals surface area (Å²) in [5.41, 5.74) is 16.5. The predicted octanol–water partition coefficient (Wildman–Crippen LogP) is 14.5. The van der Waals surface area contributed by atoms with Crippen molar-refractivity contribution in [2.24, 2.45) is 0 Å². The quantitative estimate of drug-likeness (QED) is 0.156. The van der Waals surface area contributed by atoms with Gasteiger partial charge >= 0.3 is 0 Å². The second-order valence-electron chi connectivity index (χ2n) is 16.6. The van der Waals surface area contributed by atoms with Crippen LogP contribution in [0.15, 0.2) is 217 Å². The van der Waals surface area contributed by atoms with Crippen LogP contribution in [0.4, 0.5) is 0 Å². The molecule has 7 aromatic heterocycles. The van der Waals surface area contributed by atoms with Crippen molar-refractivity contribution < 1.29 is 4.42 Å². The van der Waals surface area contributed by atoms with Gasteiger partial charge in [-0.1, -0.05) is 109 Å². The van der Waals surface area contributed by atoms with Gasteiger partial charge in [-0.3, -0.25) is 19.9 Å². The molecule has 6 aromatic carbocycles. The fraction of sp³-hybridized carbons (Fsp3) is 0. The summed E-state index contributed by atoms with van der Waals surface area (Å²) >= 11 is 0. The van der Waals surface area contributed by atoms with E-state index in [1.54, 1.807) is 0 Å². The monoisotopic (exact) mass is 857 g/mol. The topological polar surface area (TPSA) is 103 Å². The van der Waals surface area contributed by atoms with Crippen LogP contribution < -0.4 is 0 Å². The van der Waals surface area contributed by atoms with Crippen LogP contribution in [0.3, 0.4) is 0 Å². The minimum atomic E-state index is 0.515. The van der Waals surface area contributed by atoms with Gasteiger partial charge in [0.15, 0.2) is 5.58 Å². The van der Waals surface area contributed by atoms with Crippen LogP contribution >= 0.6 is 0 Å². The zero-order chi connectivity index (χ0) is 44.3. The highest BCUT2D eigenvalue weighted by Crippen LogP contribution is 2.41. The standard InChI is InChI=1S/C59H35N7O/c1-2-24-54-49(23-1)66-59(67-54)44-30-40(42-32-50(45-19-3-11-36-15-7-25-60-55(36)45)64-51(33-42)46-20-4-12-37-16-8-26-61-56(37)46)29-41(31-44)43-34-52(47-21-5-13-38-17-9-27-62-57(38)47)65-53(35-43)48-22-6-14-39-18-10-28-63-58(39)48/h1-35H. The maximum Gasteiger partial charge on any atom is 0.227 e. The van der Waals surface area contributed by atoms with Crippen LogP contribution in [0.1, 0.15) is 0 Å². The summed E-state index contributed by atoms with van der Waals surface area (Å²) < 4.78 is 6.53. The molecule has 0 saturated carbocycles. The average Bonchev–Trinajstić information content (AvgIpc) is 3.85. The van der Waals surface area contributed by atoms with E-state index in [-0.39, 0.29) is 0 Å². The number of pyridine rings is 6. The fourth-order valence-corrected chi connectivity index (χ4v) is 9.27. The second-order valence-corrected chi connectivity index (χ2v) is 16.6. The number of hydrogen-bond acceptors (Lipinski definition) is 8. The van der Waals surface area contributed by atoms with E-state index in [1.165, 1.54) is 0 Å². The van der Waals surface area contributed by atoms with E-state index in [0.29, 0.717) is 11.5 Å². The Morgan fingerprint density at radius 1 is 0.284 bits per heavy atom. The zero-order valence-corrected chi connectivity index (χ0v) is 35.7. The Balaban J connectivity index is 1.09. The average molecular weight is 858 g/mol. The molecule has 0 bridgehead atoms. The van der Waals surface area contributed by atoms with E-state index in [0.717, 1.165) is 122 Å². The van der Waals surface area contributed by atoms with E-state index in [2.05, 4.69) is 140 Å². The number of nitrogens with zero attached hydrogens (tertiary/aromatic N) is 7. The van der Waals surface area contributed by atoms with Gasteiger partial charge in [-0.05, 0) is 101 Å². The smallest absolute Gasteiger partial charge is 0.227 e. The van der Waals surface area contributed by atoms with Gasteiger partial charge in [0.2, 0.25) is 5.89 Å². The molecule has 8 heteroatoms. The SMILES string of the molecule is c1cnc2c(-c3cc(-c4cc(-c5cc(-c6cccc7cccnc67)nc(-c6cccc7cccnc67)c5)cc(-c5nc6ccccc6o5)c4)cc(-c4cccc5cccnc45)n3)cccc2c1. The summed E-state index contributed by atoms with van der Waals surface area (Å²) in [5.74, 6) is 0.515. The third-order valence-electron chi connectivity index (χ3n) is 12.4. The molecule has 0 aliphatic carbocycles. The lowest BCUT2D eigenvalue weighted by Gasteiger charge is -2.16. The van der Waals surface area contributed by atoms with Crippen molar-refractivity contribution in [3.05, 3.63) is 213 Å². The molecule has 13 rings (SSSR count). The van der Waals surface area contributed by atoms with Gasteiger partial charge < -0.3 is 4.42 Å². The molecule has 0 aliphatic heterocycles. The van der Waals surface area contributed by atoms with E-state index < -0.39 is 0 Å². The van der Waals surface area contributed by atoms with Crippen molar-refractivity contribution in [2.75, 3.05) is 0 Å². The van der Waals surface area contributed by atoms with Crippen LogP contribution in [-0.2, 0) is 0 Å². The van der Waals surface area contributed by atoms with Crippen molar-refractivity contribution in [3.8, 4) is 78.7 Å². The minimum absolute atomic E-state index is 0.515. The summed E-state index contributed by atoms with van der Waals surface area (Å²) in [5, 5.41) is 4.14. The van der Waals surface area contributed by atoms with Crippen LogP contribution in [0, 0.1) is 0 Å². The number of hydrogen-bond donors (Lipinski definition) is 0. The molecule has 0 atom stereocenters. The lowest BCUT2D eigenvalue weighted by Crippen LogP contribution is -1.96. The highest BCUT2D eigenvalue weighted by Gasteiger charge is 2.20. The molecule has 0 saturated heterocycles. The summed E-state index contributed by atoms with van der Waals surface area (Å²) in [6, 6.07) is 64.2. The van der Waals surface area contributed by atoms with Gasteiger partial charge in [0.25, 0.3) is 0 Å². The Hall–Kier alpha value is -9.27. The maximum atomic E-state index is 6.53. The Morgan fingerprint density at radius 2 is 0.627 bits per heavy atom. The number of para-hydroxylation sites is 6. The first-order valence-electron chi connectivity index (χ1n) is 22.1. The van der Waals surface area contributed by atoms with Gasteiger partial charge in [-0.2, -0.15) is 0 Å². The molecular weight excluding hydrogens is 823 g/mol. The Kier molecular flexibility index (Phi) is 8.99. The third-order valence-corrected chi connectivity index (χ3v) is 12.4. The van der Waals surface area contributed by atoms with Gasteiger partial charge in [0.05, 0.1) is 44.8 Å². The lowest BCUT2D eigenvalue weighted by molar-refractivity contribution is 0.620. The molecule has 0 spiro atoms. The molecule has 0 N–H and O–H groups in total. The molecule has 0 fully saturated rings. The van der Waals surface area contributed by atoms with E-state index in [1.807, 2.05) is 73.3 Å². The maximum absolute atomic E-state index is 6.53. The number of fused-ring (bicyclic) bond motifs is 5. The number of oxazole rings is 1. The zero-order valence-electron chi connectivity index (χ0n) is 35.7. The Labute approximate surface area is 384 Å². The molecule has 0 aliphatic rings. The molecular formula is C59H35N7O. The molecule has 67 heavy (non-hydrogen) atoms. The van der Waals surface area contributed by atoms with E-state index in [4.69, 9.17) is 39.3 Å². The second kappa shape index (κ2) is 15.8. The molecule has 13 aromatic rings. The highest BCUT2D eigenvalue weighted by atomic mass is 16.3. The fourth-order valence-electron chi connectivity index (χ4n) is 9.27. The Bertz CT molecular complexity index is 3610. The van der Waals surface area contributed by atoms with Gasteiger partial charge in [0, 0.05) is 74.1 Å². The molecule has 8 nitrogen and oxygen atoms in total. The van der Waals surface area contributed by atoms with Crippen LogP contribution in [0.25, 0.3) is 133 Å². The number of aromatic nitrogens is 7. The van der Waals surface area contributed by atoms with Crippen LogP contribution in [0.2, 0.25) is 0 Å². The Morgan fingerprint density at radius 3 is 1.01 bits per heavy atom. The first kappa shape index (κ1) is 38.2. The van der Waals surface area contributed by atoms with E-state index in [9.17, 15) is 0 Å². The van der Waals surface area contributed by atoms with Crippen molar-refractivity contribution in [2.45, 2.75) is 0 Å². The summed E-state index contributed by atoms with van der Waals surface area (Å²) in [7, 11) is 0. The van der Waals surface area contributed by atoms with Gasteiger partial charge in [-0.15, -0.1) is 0 Å². The predicted molar refractivity (Wildman–Crippen MR) is 269 cm³/mol. The van der Waals surface area contributed by atoms with Crippen LogP contribution in [-0.4, -0.2) is 34.9 Å². The third kappa shape index (κ3) is 6.83. The molecule has 7 heterocycles. The summed E-state index contributed by atoms with van der Waals surface area (Å²) in [4.78, 5) is 35.3. The van der Waals surface area contributed by atoms with Crippen molar-refractivity contribution in [1.29, 1.82) is 0 Å².